The van der Waals surface area contributed by atoms with Gasteiger partial charge in [-0.15, -0.1) is 5.01 Å². The van der Waals surface area contributed by atoms with Crippen LogP contribution in [0.2, 0.25) is 0 Å². The van der Waals surface area contributed by atoms with Crippen molar-refractivity contribution in [2.24, 2.45) is 11.0 Å². The Morgan fingerprint density at radius 2 is 2.31 bits per heavy atom. The highest BCUT2D eigenvalue weighted by atomic mass is 16.2. The van der Waals surface area contributed by atoms with Crippen molar-refractivity contribution in [2.45, 2.75) is 20.3 Å². The normalized spacial score (nSPS) is 17.6. The first-order valence-corrected chi connectivity index (χ1v) is 4.24. The molecule has 0 aromatic heterocycles. The summed E-state index contributed by atoms with van der Waals surface area (Å²) in [5.41, 5.74) is 0. The van der Waals surface area contributed by atoms with Crippen molar-refractivity contribution in [1.29, 1.82) is 0 Å². The Bertz CT molecular complexity index is 232. The Labute approximate surface area is 76.8 Å². The van der Waals surface area contributed by atoms with Gasteiger partial charge in [-0.05, 0) is 12.3 Å². The second-order valence-electron chi connectivity index (χ2n) is 3.29. The summed E-state index contributed by atoms with van der Waals surface area (Å²) in [4.78, 5) is 21.9. The van der Waals surface area contributed by atoms with E-state index < -0.39 is 6.03 Å². The van der Waals surface area contributed by atoms with Crippen LogP contribution in [0.25, 0.3) is 0 Å². The van der Waals surface area contributed by atoms with Gasteiger partial charge in [0.05, 0.1) is 0 Å². The molecule has 1 N–H and O–H groups in total. The molecule has 0 aromatic rings. The van der Waals surface area contributed by atoms with Crippen LogP contribution in [-0.2, 0) is 4.79 Å². The van der Waals surface area contributed by atoms with Crippen LogP contribution in [0.15, 0.2) is 5.10 Å². The van der Waals surface area contributed by atoms with Gasteiger partial charge in [-0.2, -0.15) is 5.10 Å². The van der Waals surface area contributed by atoms with E-state index in [0.29, 0.717) is 5.92 Å². The van der Waals surface area contributed by atoms with Crippen molar-refractivity contribution in [3.05, 3.63) is 0 Å². The van der Waals surface area contributed by atoms with Gasteiger partial charge in [0.25, 0.3) is 5.91 Å². The van der Waals surface area contributed by atoms with Gasteiger partial charge in [-0.25, -0.2) is 4.79 Å². The minimum absolute atomic E-state index is 0.0534. The maximum atomic E-state index is 11.0. The monoisotopic (exact) mass is 183 g/mol. The molecule has 0 unspecified atom stereocenters. The molecule has 1 saturated heterocycles. The number of imide groups is 1. The first-order chi connectivity index (χ1) is 6.11. The average molecular weight is 183 g/mol. The maximum Gasteiger partial charge on any atom is 0.345 e. The summed E-state index contributed by atoms with van der Waals surface area (Å²) in [6, 6.07) is -0.440. The molecule has 0 spiro atoms. The van der Waals surface area contributed by atoms with Gasteiger partial charge in [-0.3, -0.25) is 4.79 Å². The summed E-state index contributed by atoms with van der Waals surface area (Å²) in [7, 11) is 0. The van der Waals surface area contributed by atoms with E-state index in [1.807, 2.05) is 13.8 Å². The highest BCUT2D eigenvalue weighted by Crippen LogP contribution is 2.01. The summed E-state index contributed by atoms with van der Waals surface area (Å²) < 4.78 is 0. The van der Waals surface area contributed by atoms with Crippen molar-refractivity contribution in [3.8, 4) is 0 Å². The largest absolute Gasteiger partial charge is 0.345 e. The van der Waals surface area contributed by atoms with Crippen molar-refractivity contribution >= 4 is 18.2 Å². The molecule has 0 atom stereocenters. The van der Waals surface area contributed by atoms with Gasteiger partial charge < -0.3 is 5.32 Å². The van der Waals surface area contributed by atoms with Gasteiger partial charge in [0, 0.05) is 6.21 Å². The molecule has 13 heavy (non-hydrogen) atoms. The molecule has 1 aliphatic rings. The third kappa shape index (κ3) is 2.54. The molecule has 3 amide bonds. The lowest BCUT2D eigenvalue weighted by Gasteiger charge is -2.03. The molecule has 0 saturated carbocycles. The van der Waals surface area contributed by atoms with E-state index in [2.05, 4.69) is 10.4 Å². The van der Waals surface area contributed by atoms with Crippen LogP contribution in [0, 0.1) is 5.92 Å². The number of nitrogens with one attached hydrogen (secondary N) is 1. The Kier molecular flexibility index (Phi) is 3.00. The number of nitrogens with zero attached hydrogens (tertiary/aromatic N) is 2. The molecule has 72 valence electrons. The average Bonchev–Trinajstić information content (AvgIpc) is 2.34. The molecule has 0 aromatic carbocycles. The molecule has 0 radical (unpaired) electrons. The van der Waals surface area contributed by atoms with Gasteiger partial charge in [0.1, 0.15) is 6.54 Å². The summed E-state index contributed by atoms with van der Waals surface area (Å²) in [5, 5.41) is 7.02. The Morgan fingerprint density at radius 1 is 1.62 bits per heavy atom. The molecule has 0 bridgehead atoms. The molecule has 5 nitrogen and oxygen atoms in total. The van der Waals surface area contributed by atoms with Crippen LogP contribution >= 0.6 is 0 Å². The van der Waals surface area contributed by atoms with Gasteiger partial charge in [0.2, 0.25) is 0 Å². The van der Waals surface area contributed by atoms with Crippen molar-refractivity contribution in [3.63, 3.8) is 0 Å². The first-order valence-electron chi connectivity index (χ1n) is 4.24. The molecule has 1 aliphatic heterocycles. The number of amides is 3. The van der Waals surface area contributed by atoms with Crippen molar-refractivity contribution in [1.82, 2.24) is 10.3 Å². The van der Waals surface area contributed by atoms with Crippen LogP contribution < -0.4 is 5.32 Å². The predicted octanol–water partition coefficient (Wildman–Crippen LogP) is 0.570. The number of rotatable bonds is 3. The SMILES string of the molecule is CC(C)C/C=N/N1C(=O)CNC1=O. The van der Waals surface area contributed by atoms with Gasteiger partial charge in [-0.1, -0.05) is 13.8 Å². The van der Waals surface area contributed by atoms with E-state index in [4.69, 9.17) is 0 Å². The van der Waals surface area contributed by atoms with E-state index in [1.165, 1.54) is 0 Å². The topological polar surface area (TPSA) is 61.8 Å². The molecule has 5 heteroatoms. The quantitative estimate of drug-likeness (QED) is 0.513. The third-order valence-corrected chi connectivity index (χ3v) is 1.59. The maximum absolute atomic E-state index is 11.0. The van der Waals surface area contributed by atoms with E-state index in [1.54, 1.807) is 6.21 Å². The van der Waals surface area contributed by atoms with E-state index in [-0.39, 0.29) is 12.5 Å². The highest BCUT2D eigenvalue weighted by molar-refractivity contribution is 6.02. The minimum Gasteiger partial charge on any atom is -0.327 e. The van der Waals surface area contributed by atoms with E-state index >= 15 is 0 Å². The van der Waals surface area contributed by atoms with Crippen LogP contribution in [0.4, 0.5) is 4.79 Å². The second-order valence-corrected chi connectivity index (χ2v) is 3.29. The van der Waals surface area contributed by atoms with E-state index in [0.717, 1.165) is 11.4 Å². The standard InChI is InChI=1S/C8H13N3O2/c1-6(2)3-4-10-11-7(12)5-9-8(11)13/h4,6H,3,5H2,1-2H3,(H,9,13)/b10-4+. The van der Waals surface area contributed by atoms with Crippen molar-refractivity contribution < 1.29 is 9.59 Å². The second kappa shape index (κ2) is 4.02. The number of hydrogen-bond donors (Lipinski definition) is 1. The fourth-order valence-corrected chi connectivity index (χ4v) is 0.871. The smallest absolute Gasteiger partial charge is 0.327 e. The summed E-state index contributed by atoms with van der Waals surface area (Å²) >= 11 is 0. The molecular weight excluding hydrogens is 170 g/mol. The number of carbonyl (C=O) groups excluding carboxylic acids is 2. The number of hydrogen-bond acceptors (Lipinski definition) is 3. The lowest BCUT2D eigenvalue weighted by molar-refractivity contribution is -0.124. The van der Waals surface area contributed by atoms with Crippen LogP contribution in [0.1, 0.15) is 20.3 Å². The minimum atomic E-state index is -0.440. The summed E-state index contributed by atoms with van der Waals surface area (Å²) in [6.07, 6.45) is 2.35. The number of carbonyl (C=O) groups is 2. The Morgan fingerprint density at radius 3 is 2.77 bits per heavy atom. The lowest BCUT2D eigenvalue weighted by atomic mass is 10.2. The fourth-order valence-electron chi connectivity index (χ4n) is 0.871. The van der Waals surface area contributed by atoms with Crippen LogP contribution in [0.3, 0.4) is 0 Å². The number of urea groups is 1. The Balaban J connectivity index is 2.47. The van der Waals surface area contributed by atoms with Gasteiger partial charge >= 0.3 is 6.03 Å². The number of hydrazone groups is 1. The van der Waals surface area contributed by atoms with Crippen LogP contribution in [0.5, 0.6) is 0 Å². The first kappa shape index (κ1) is 9.70. The zero-order chi connectivity index (χ0) is 9.84. The Hall–Kier alpha value is -1.39. The molecule has 1 heterocycles. The fraction of sp³-hybridized carbons (Fsp3) is 0.625. The zero-order valence-electron chi connectivity index (χ0n) is 7.78. The molecule has 1 fully saturated rings. The predicted molar refractivity (Wildman–Crippen MR) is 48.2 cm³/mol. The third-order valence-electron chi connectivity index (χ3n) is 1.59. The molecule has 0 aliphatic carbocycles. The van der Waals surface area contributed by atoms with Crippen molar-refractivity contribution in [2.75, 3.05) is 6.54 Å². The van der Waals surface area contributed by atoms with Crippen LogP contribution in [-0.4, -0.2) is 29.7 Å². The molecular formula is C8H13N3O2. The zero-order valence-corrected chi connectivity index (χ0v) is 7.78. The molecule has 1 rings (SSSR count). The van der Waals surface area contributed by atoms with E-state index in [9.17, 15) is 9.59 Å². The summed E-state index contributed by atoms with van der Waals surface area (Å²) in [5.74, 6) is 0.175. The summed E-state index contributed by atoms with van der Waals surface area (Å²) in [6.45, 7) is 4.13. The highest BCUT2D eigenvalue weighted by Gasteiger charge is 2.27. The van der Waals surface area contributed by atoms with Gasteiger partial charge in [0.15, 0.2) is 0 Å². The lowest BCUT2D eigenvalue weighted by Crippen LogP contribution is -2.25.